The minimum atomic E-state index is 0.858. The van der Waals surface area contributed by atoms with Gasteiger partial charge < -0.3 is 11.1 Å². The van der Waals surface area contributed by atoms with Crippen molar-refractivity contribution in [1.29, 1.82) is 0 Å². The summed E-state index contributed by atoms with van der Waals surface area (Å²) in [7, 11) is 0. The average Bonchev–Trinajstić information content (AvgIpc) is 2.01. The second kappa shape index (κ2) is 3.48. The maximum Gasteiger partial charge on any atom is 0.0390 e. The molecule has 0 fully saturated rings. The van der Waals surface area contributed by atoms with Crippen molar-refractivity contribution >= 4 is 11.4 Å². The van der Waals surface area contributed by atoms with Gasteiger partial charge in [0.2, 0.25) is 0 Å². The van der Waals surface area contributed by atoms with Crippen LogP contribution in [0.2, 0.25) is 0 Å². The van der Waals surface area contributed by atoms with Gasteiger partial charge in [0.15, 0.2) is 0 Å². The molecule has 0 saturated carbocycles. The molecule has 3 N–H and O–H groups in total. The monoisotopic (exact) mass is 164 g/mol. The van der Waals surface area contributed by atoms with Crippen LogP contribution in [0.15, 0.2) is 12.1 Å². The van der Waals surface area contributed by atoms with Crippen molar-refractivity contribution in [2.24, 2.45) is 0 Å². The summed E-state index contributed by atoms with van der Waals surface area (Å²) in [5.41, 5.74) is 10.2. The Hall–Kier alpha value is -1.18. The third-order valence-electron chi connectivity index (χ3n) is 1.98. The van der Waals surface area contributed by atoms with E-state index in [2.05, 4.69) is 25.2 Å². The van der Waals surface area contributed by atoms with Crippen LogP contribution < -0.4 is 11.1 Å². The van der Waals surface area contributed by atoms with Gasteiger partial charge in [-0.15, -0.1) is 0 Å². The largest absolute Gasteiger partial charge is 0.398 e. The molecule has 0 aliphatic carbocycles. The quantitative estimate of drug-likeness (QED) is 0.658. The first-order valence-corrected chi connectivity index (χ1v) is 4.25. The Morgan fingerprint density at radius 1 is 1.25 bits per heavy atom. The van der Waals surface area contributed by atoms with Gasteiger partial charge in [0, 0.05) is 17.9 Å². The standard InChI is InChI=1S/C10H16N2/c1-4-12-10-6-9(11)7(2)5-8(10)3/h5-6,12H,4,11H2,1-3H3. The summed E-state index contributed by atoms with van der Waals surface area (Å²) in [5, 5.41) is 3.26. The van der Waals surface area contributed by atoms with Crippen LogP contribution in [-0.2, 0) is 0 Å². The second-order valence-electron chi connectivity index (χ2n) is 3.05. The van der Waals surface area contributed by atoms with E-state index in [1.807, 2.05) is 13.0 Å². The first-order valence-electron chi connectivity index (χ1n) is 4.25. The molecule has 0 amide bonds. The van der Waals surface area contributed by atoms with E-state index in [1.54, 1.807) is 0 Å². The molecule has 0 saturated heterocycles. The Kier molecular flexibility index (Phi) is 2.58. The lowest BCUT2D eigenvalue weighted by atomic mass is 10.1. The fourth-order valence-corrected chi connectivity index (χ4v) is 1.25. The summed E-state index contributed by atoms with van der Waals surface area (Å²) in [5.74, 6) is 0. The van der Waals surface area contributed by atoms with Gasteiger partial charge in [-0.3, -0.25) is 0 Å². The SMILES string of the molecule is CCNc1cc(N)c(C)cc1C. The normalized spacial score (nSPS) is 9.92. The maximum atomic E-state index is 5.78. The van der Waals surface area contributed by atoms with E-state index in [0.29, 0.717) is 0 Å². The van der Waals surface area contributed by atoms with E-state index in [-0.39, 0.29) is 0 Å². The van der Waals surface area contributed by atoms with E-state index in [9.17, 15) is 0 Å². The van der Waals surface area contributed by atoms with Gasteiger partial charge in [-0.1, -0.05) is 6.07 Å². The van der Waals surface area contributed by atoms with Crippen molar-refractivity contribution in [2.75, 3.05) is 17.6 Å². The number of aryl methyl sites for hydroxylation is 2. The van der Waals surface area contributed by atoms with Crippen LogP contribution in [0.1, 0.15) is 18.1 Å². The molecule has 0 unspecified atom stereocenters. The molecule has 0 spiro atoms. The Morgan fingerprint density at radius 2 is 1.92 bits per heavy atom. The number of benzene rings is 1. The van der Waals surface area contributed by atoms with Crippen LogP contribution in [0.3, 0.4) is 0 Å². The summed E-state index contributed by atoms with van der Waals surface area (Å²) < 4.78 is 0. The predicted octanol–water partition coefficient (Wildman–Crippen LogP) is 2.32. The van der Waals surface area contributed by atoms with Gasteiger partial charge in [-0.2, -0.15) is 0 Å². The van der Waals surface area contributed by atoms with E-state index in [1.165, 1.54) is 5.56 Å². The topological polar surface area (TPSA) is 38.0 Å². The molecule has 1 rings (SSSR count). The van der Waals surface area contributed by atoms with Crippen LogP contribution in [0.25, 0.3) is 0 Å². The first kappa shape index (κ1) is 8.91. The van der Waals surface area contributed by atoms with Crippen molar-refractivity contribution in [3.05, 3.63) is 23.3 Å². The first-order chi connectivity index (χ1) is 5.65. The fraction of sp³-hybridized carbons (Fsp3) is 0.400. The summed E-state index contributed by atoms with van der Waals surface area (Å²) in [6.45, 7) is 7.13. The highest BCUT2D eigenvalue weighted by atomic mass is 14.9. The number of rotatable bonds is 2. The highest BCUT2D eigenvalue weighted by molar-refractivity contribution is 5.62. The number of nitrogens with one attached hydrogen (secondary N) is 1. The summed E-state index contributed by atoms with van der Waals surface area (Å²) in [6.07, 6.45) is 0. The van der Waals surface area contributed by atoms with Gasteiger partial charge in [0.25, 0.3) is 0 Å². The van der Waals surface area contributed by atoms with Crippen molar-refractivity contribution in [3.8, 4) is 0 Å². The molecule has 0 bridgehead atoms. The number of nitrogens with two attached hydrogens (primary N) is 1. The molecule has 0 aromatic heterocycles. The molecule has 2 heteroatoms. The lowest BCUT2D eigenvalue weighted by molar-refractivity contribution is 1.19. The zero-order valence-electron chi connectivity index (χ0n) is 7.94. The van der Waals surface area contributed by atoms with Crippen molar-refractivity contribution in [1.82, 2.24) is 0 Å². The third-order valence-corrected chi connectivity index (χ3v) is 1.98. The number of hydrogen-bond donors (Lipinski definition) is 2. The zero-order valence-corrected chi connectivity index (χ0v) is 7.94. The average molecular weight is 164 g/mol. The third kappa shape index (κ3) is 1.70. The highest BCUT2D eigenvalue weighted by Gasteiger charge is 1.99. The van der Waals surface area contributed by atoms with Crippen molar-refractivity contribution < 1.29 is 0 Å². The van der Waals surface area contributed by atoms with Crippen LogP contribution in [0, 0.1) is 13.8 Å². The summed E-state index contributed by atoms with van der Waals surface area (Å²) in [4.78, 5) is 0. The molecular weight excluding hydrogens is 148 g/mol. The molecule has 0 radical (unpaired) electrons. The molecule has 1 aromatic rings. The Labute approximate surface area is 73.8 Å². The highest BCUT2D eigenvalue weighted by Crippen LogP contribution is 2.21. The lowest BCUT2D eigenvalue weighted by Crippen LogP contribution is -2.01. The van der Waals surface area contributed by atoms with Crippen LogP contribution in [0.5, 0.6) is 0 Å². The lowest BCUT2D eigenvalue weighted by Gasteiger charge is -2.10. The molecule has 0 heterocycles. The molecule has 0 aliphatic heterocycles. The smallest absolute Gasteiger partial charge is 0.0390 e. The number of hydrogen-bond acceptors (Lipinski definition) is 2. The summed E-state index contributed by atoms with van der Waals surface area (Å²) in [6, 6.07) is 4.10. The van der Waals surface area contributed by atoms with Gasteiger partial charge in [-0.25, -0.2) is 0 Å². The Balaban J connectivity index is 3.05. The van der Waals surface area contributed by atoms with E-state index in [4.69, 9.17) is 5.73 Å². The molecule has 0 atom stereocenters. The Bertz CT molecular complexity index is 279. The zero-order chi connectivity index (χ0) is 9.14. The van der Waals surface area contributed by atoms with Gasteiger partial charge >= 0.3 is 0 Å². The van der Waals surface area contributed by atoms with Crippen LogP contribution in [0.4, 0.5) is 11.4 Å². The van der Waals surface area contributed by atoms with Crippen molar-refractivity contribution in [2.45, 2.75) is 20.8 Å². The number of nitrogen functional groups attached to an aromatic ring is 1. The fourth-order valence-electron chi connectivity index (χ4n) is 1.25. The maximum absolute atomic E-state index is 5.78. The van der Waals surface area contributed by atoms with Gasteiger partial charge in [0.1, 0.15) is 0 Å². The second-order valence-corrected chi connectivity index (χ2v) is 3.05. The molecule has 66 valence electrons. The minimum absolute atomic E-state index is 0.858. The van der Waals surface area contributed by atoms with E-state index >= 15 is 0 Å². The summed E-state index contributed by atoms with van der Waals surface area (Å²) >= 11 is 0. The molecule has 12 heavy (non-hydrogen) atoms. The van der Waals surface area contributed by atoms with Crippen LogP contribution >= 0.6 is 0 Å². The van der Waals surface area contributed by atoms with Gasteiger partial charge in [-0.05, 0) is 38.0 Å². The predicted molar refractivity (Wildman–Crippen MR) is 54.5 cm³/mol. The number of anilines is 2. The molecule has 2 nitrogen and oxygen atoms in total. The molecule has 1 aromatic carbocycles. The minimum Gasteiger partial charge on any atom is -0.398 e. The Morgan fingerprint density at radius 3 is 2.50 bits per heavy atom. The molecular formula is C10H16N2. The van der Waals surface area contributed by atoms with Crippen molar-refractivity contribution in [3.63, 3.8) is 0 Å². The van der Waals surface area contributed by atoms with E-state index in [0.717, 1.165) is 23.5 Å². The van der Waals surface area contributed by atoms with E-state index < -0.39 is 0 Å². The van der Waals surface area contributed by atoms with Gasteiger partial charge in [0.05, 0.1) is 0 Å². The van der Waals surface area contributed by atoms with Crippen LogP contribution in [-0.4, -0.2) is 6.54 Å². The molecule has 0 aliphatic rings.